The minimum atomic E-state index is -3.39. The van der Waals surface area contributed by atoms with Crippen LogP contribution >= 0.6 is 22.9 Å². The number of aliphatic imine (C=N–C) groups is 1. The summed E-state index contributed by atoms with van der Waals surface area (Å²) in [6, 6.07) is 11.3. The van der Waals surface area contributed by atoms with Gasteiger partial charge in [0.05, 0.1) is 10.9 Å². The van der Waals surface area contributed by atoms with Gasteiger partial charge in [0.25, 0.3) is 0 Å². The van der Waals surface area contributed by atoms with Crippen LogP contribution in [0.15, 0.2) is 45.6 Å². The first-order valence-electron chi connectivity index (χ1n) is 10.2. The van der Waals surface area contributed by atoms with Crippen LogP contribution in [0, 0.1) is 0 Å². The third-order valence-corrected chi connectivity index (χ3v) is 8.33. The number of carbonyl (C=O) groups is 1. The van der Waals surface area contributed by atoms with E-state index in [-0.39, 0.29) is 16.0 Å². The van der Waals surface area contributed by atoms with Crippen molar-refractivity contribution >= 4 is 44.5 Å². The fourth-order valence-electron chi connectivity index (χ4n) is 3.14. The number of nitrogens with zero attached hydrogens (tertiary/aromatic N) is 2. The molecule has 7 nitrogen and oxygen atoms in total. The molecular formula is C21H27ClN4O3S2. The lowest BCUT2D eigenvalue weighted by molar-refractivity contribution is -0.129. The highest BCUT2D eigenvalue weighted by Crippen LogP contribution is 2.25. The van der Waals surface area contributed by atoms with Crippen molar-refractivity contribution in [1.29, 1.82) is 0 Å². The Hall–Kier alpha value is -1.94. The van der Waals surface area contributed by atoms with Crippen molar-refractivity contribution in [1.82, 2.24) is 15.5 Å². The predicted molar refractivity (Wildman–Crippen MR) is 126 cm³/mol. The van der Waals surface area contributed by atoms with Crippen molar-refractivity contribution in [2.45, 2.75) is 23.5 Å². The fraction of sp³-hybridized carbons (Fsp3) is 0.429. The first-order chi connectivity index (χ1) is 14.8. The van der Waals surface area contributed by atoms with Gasteiger partial charge >= 0.3 is 0 Å². The summed E-state index contributed by atoms with van der Waals surface area (Å²) in [5, 5.41) is 6.16. The molecule has 0 fully saturated rings. The van der Waals surface area contributed by atoms with Crippen LogP contribution < -0.4 is 10.6 Å². The smallest absolute Gasteiger partial charge is 0.222 e. The Kier molecular flexibility index (Phi) is 8.48. The largest absolute Gasteiger partial charge is 0.368 e. The van der Waals surface area contributed by atoms with E-state index in [0.717, 1.165) is 42.2 Å². The molecule has 2 N–H and O–H groups in total. The van der Waals surface area contributed by atoms with E-state index in [1.807, 2.05) is 0 Å². The van der Waals surface area contributed by atoms with Crippen LogP contribution in [0.4, 0.5) is 0 Å². The summed E-state index contributed by atoms with van der Waals surface area (Å²) in [5.74, 6) is 0.835. The molecule has 0 aliphatic carbocycles. The molecule has 1 aromatic heterocycles. The summed E-state index contributed by atoms with van der Waals surface area (Å²) in [7, 11) is -1.59. The van der Waals surface area contributed by atoms with Gasteiger partial charge in [0.15, 0.2) is 0 Å². The molecule has 2 aromatic rings. The lowest BCUT2D eigenvalue weighted by Crippen LogP contribution is -2.30. The summed E-state index contributed by atoms with van der Waals surface area (Å²) in [5.41, 5.74) is 2.25. The average molecular weight is 483 g/mol. The van der Waals surface area contributed by atoms with Crippen LogP contribution in [0.2, 0.25) is 4.34 Å². The van der Waals surface area contributed by atoms with Crippen molar-refractivity contribution in [3.63, 3.8) is 0 Å². The molecule has 0 unspecified atom stereocenters. The van der Waals surface area contributed by atoms with Gasteiger partial charge in [0.1, 0.15) is 15.9 Å². The minimum Gasteiger partial charge on any atom is -0.368 e. The van der Waals surface area contributed by atoms with Crippen molar-refractivity contribution < 1.29 is 13.2 Å². The molecule has 1 aliphatic heterocycles. The summed E-state index contributed by atoms with van der Waals surface area (Å²) in [6.45, 7) is 2.80. The van der Waals surface area contributed by atoms with Gasteiger partial charge in [-0.05, 0) is 37.1 Å². The average Bonchev–Trinajstić information content (AvgIpc) is 3.44. The molecule has 1 amide bonds. The van der Waals surface area contributed by atoms with Crippen LogP contribution in [0.25, 0.3) is 0 Å². The van der Waals surface area contributed by atoms with Gasteiger partial charge in [-0.1, -0.05) is 35.9 Å². The zero-order valence-corrected chi connectivity index (χ0v) is 19.8. The second kappa shape index (κ2) is 11.1. The molecule has 2 heterocycles. The van der Waals surface area contributed by atoms with Gasteiger partial charge in [-0.15, -0.1) is 11.3 Å². The number of carbonyl (C=O) groups excluding carboxylic acids is 1. The maximum absolute atomic E-state index is 12.3. The second-order valence-electron chi connectivity index (χ2n) is 7.34. The summed E-state index contributed by atoms with van der Waals surface area (Å²) in [6.07, 6.45) is 1.73. The van der Waals surface area contributed by atoms with Gasteiger partial charge in [-0.2, -0.15) is 0 Å². The third kappa shape index (κ3) is 7.03. The molecule has 168 valence electrons. The molecule has 10 heteroatoms. The van der Waals surface area contributed by atoms with Gasteiger partial charge < -0.3 is 15.5 Å². The normalized spacial score (nSPS) is 13.7. The number of likely N-dealkylation sites (N-methyl/N-ethyl adjacent to an activating group) is 1. The molecule has 0 atom stereocenters. The minimum absolute atomic E-state index is 0.0517. The van der Waals surface area contributed by atoms with Crippen LogP contribution in [-0.2, 0) is 21.1 Å². The number of amides is 1. The molecule has 31 heavy (non-hydrogen) atoms. The number of benzene rings is 1. The highest BCUT2D eigenvalue weighted by molar-refractivity contribution is 7.93. The summed E-state index contributed by atoms with van der Waals surface area (Å²) < 4.78 is 25.0. The van der Waals surface area contributed by atoms with E-state index in [1.54, 1.807) is 18.0 Å². The van der Waals surface area contributed by atoms with Gasteiger partial charge in [-0.3, -0.25) is 9.79 Å². The SMILES string of the molecule is CN(CCc1ccc(C2=NCCN2)cc1)C(=O)CCCNCS(=O)(=O)c1ccc(Cl)s1. The Labute approximate surface area is 192 Å². The van der Waals surface area contributed by atoms with Crippen molar-refractivity contribution in [3.05, 3.63) is 51.9 Å². The maximum atomic E-state index is 12.3. The zero-order chi connectivity index (χ0) is 22.3. The molecule has 1 aromatic carbocycles. The number of thiophene rings is 1. The van der Waals surface area contributed by atoms with E-state index in [0.29, 0.717) is 30.3 Å². The van der Waals surface area contributed by atoms with Crippen molar-refractivity contribution in [3.8, 4) is 0 Å². The topological polar surface area (TPSA) is 90.9 Å². The maximum Gasteiger partial charge on any atom is 0.222 e. The standard InChI is InChI=1S/C21H27ClN4O3S2/c1-26(14-10-16-4-6-17(7-5-16)21-24-12-13-25-21)19(27)3-2-11-23-15-31(28,29)20-9-8-18(22)30-20/h4-9,23H,2-3,10-15H2,1H3,(H,24,25). The number of sulfone groups is 1. The Morgan fingerprint density at radius 2 is 2.03 bits per heavy atom. The van der Waals surface area contributed by atoms with E-state index < -0.39 is 9.84 Å². The van der Waals surface area contributed by atoms with Gasteiger partial charge in [-0.25, -0.2) is 8.42 Å². The number of nitrogens with one attached hydrogen (secondary N) is 2. The first kappa shape index (κ1) is 23.7. The number of hydrogen-bond acceptors (Lipinski definition) is 7. The number of hydrogen-bond donors (Lipinski definition) is 2. The molecule has 0 saturated heterocycles. The lowest BCUT2D eigenvalue weighted by Gasteiger charge is -2.17. The van der Waals surface area contributed by atoms with Crippen molar-refractivity contribution in [2.75, 3.05) is 39.1 Å². The zero-order valence-electron chi connectivity index (χ0n) is 17.4. The van der Waals surface area contributed by atoms with Gasteiger partial charge in [0.2, 0.25) is 15.7 Å². The highest BCUT2D eigenvalue weighted by atomic mass is 35.5. The quantitative estimate of drug-likeness (QED) is 0.480. The molecule has 1 aliphatic rings. The molecule has 3 rings (SSSR count). The first-order valence-corrected chi connectivity index (χ1v) is 13.0. The lowest BCUT2D eigenvalue weighted by atomic mass is 10.1. The number of halogens is 1. The van der Waals surface area contributed by atoms with E-state index in [1.165, 1.54) is 11.6 Å². The molecular weight excluding hydrogens is 456 g/mol. The third-order valence-electron chi connectivity index (χ3n) is 4.95. The van der Waals surface area contributed by atoms with E-state index in [2.05, 4.69) is 39.9 Å². The molecule has 0 radical (unpaired) electrons. The van der Waals surface area contributed by atoms with Gasteiger partial charge in [0, 0.05) is 32.1 Å². The molecule has 0 spiro atoms. The summed E-state index contributed by atoms with van der Waals surface area (Å²) in [4.78, 5) is 18.5. The molecule has 0 bridgehead atoms. The van der Waals surface area contributed by atoms with E-state index in [4.69, 9.17) is 11.6 Å². The van der Waals surface area contributed by atoms with E-state index >= 15 is 0 Å². The second-order valence-corrected chi connectivity index (χ2v) is 11.3. The van der Waals surface area contributed by atoms with Crippen molar-refractivity contribution in [2.24, 2.45) is 4.99 Å². The Bertz CT molecular complexity index is 1020. The number of amidine groups is 1. The monoisotopic (exact) mass is 482 g/mol. The Morgan fingerprint density at radius 3 is 2.68 bits per heavy atom. The highest BCUT2D eigenvalue weighted by Gasteiger charge is 2.16. The number of rotatable bonds is 11. The fourth-order valence-corrected chi connectivity index (χ4v) is 5.84. The van der Waals surface area contributed by atoms with E-state index in [9.17, 15) is 13.2 Å². The summed E-state index contributed by atoms with van der Waals surface area (Å²) >= 11 is 6.84. The Morgan fingerprint density at radius 1 is 1.26 bits per heavy atom. The molecule has 0 saturated carbocycles. The predicted octanol–water partition coefficient (Wildman–Crippen LogP) is 2.55. The Balaban J connectivity index is 1.33. The van der Waals surface area contributed by atoms with Crippen LogP contribution in [-0.4, -0.2) is 64.2 Å². The van der Waals surface area contributed by atoms with Crippen LogP contribution in [0.5, 0.6) is 0 Å². The van der Waals surface area contributed by atoms with Crippen LogP contribution in [0.3, 0.4) is 0 Å². The van der Waals surface area contributed by atoms with Crippen LogP contribution in [0.1, 0.15) is 24.0 Å².